The Labute approximate surface area is 187 Å². The molecule has 1 N–H and O–H groups in total. The van der Waals surface area contributed by atoms with Crippen LogP contribution in [-0.4, -0.2) is 66.9 Å². The highest BCUT2D eigenvalue weighted by molar-refractivity contribution is 6.22. The van der Waals surface area contributed by atoms with Gasteiger partial charge in [0.05, 0.1) is 30.9 Å². The van der Waals surface area contributed by atoms with Gasteiger partial charge in [-0.25, -0.2) is 0 Å². The third-order valence-corrected chi connectivity index (χ3v) is 5.64. The lowest BCUT2D eigenvalue weighted by Gasteiger charge is -2.26. The standard InChI is InChI=1S/C23H25N3O4.ClH/c1-16-4-2-3-5-18(16)15-26-22(28)19-7-6-17(14-20(19)23(26)29)21(27)24-8-9-25-10-12-30-13-11-25;/h2-7,14H,8-13,15H2,1H3,(H,24,27);1H. The van der Waals surface area contributed by atoms with Gasteiger partial charge in [0.2, 0.25) is 0 Å². The Kier molecular flexibility index (Phi) is 7.43. The van der Waals surface area contributed by atoms with Crippen molar-refractivity contribution >= 4 is 30.1 Å². The maximum Gasteiger partial charge on any atom is 0.261 e. The van der Waals surface area contributed by atoms with Gasteiger partial charge in [0.25, 0.3) is 17.7 Å². The minimum atomic E-state index is -0.360. The highest BCUT2D eigenvalue weighted by Gasteiger charge is 2.36. The molecule has 1 saturated heterocycles. The van der Waals surface area contributed by atoms with Crippen LogP contribution in [0.4, 0.5) is 0 Å². The molecular weight excluding hydrogens is 418 g/mol. The number of rotatable bonds is 6. The molecule has 2 aliphatic rings. The lowest BCUT2D eigenvalue weighted by molar-refractivity contribution is 0.0383. The third-order valence-electron chi connectivity index (χ3n) is 5.64. The highest BCUT2D eigenvalue weighted by Crippen LogP contribution is 2.26. The molecule has 2 aliphatic heterocycles. The van der Waals surface area contributed by atoms with Crippen LogP contribution in [0.25, 0.3) is 0 Å². The zero-order valence-electron chi connectivity index (χ0n) is 17.4. The van der Waals surface area contributed by atoms with Crippen molar-refractivity contribution in [3.05, 3.63) is 70.3 Å². The molecule has 0 aliphatic carbocycles. The second-order valence-electron chi connectivity index (χ2n) is 7.59. The van der Waals surface area contributed by atoms with E-state index < -0.39 is 0 Å². The Hall–Kier alpha value is -2.74. The molecule has 0 spiro atoms. The minimum absolute atomic E-state index is 0. The summed E-state index contributed by atoms with van der Waals surface area (Å²) in [5.74, 6) is -0.928. The number of fused-ring (bicyclic) bond motifs is 1. The summed E-state index contributed by atoms with van der Waals surface area (Å²) in [6.07, 6.45) is 0. The molecule has 2 heterocycles. The second kappa shape index (κ2) is 10.0. The number of hydrogen-bond donors (Lipinski definition) is 1. The molecule has 0 unspecified atom stereocenters. The van der Waals surface area contributed by atoms with Crippen molar-refractivity contribution in [2.45, 2.75) is 13.5 Å². The zero-order chi connectivity index (χ0) is 21.1. The molecular formula is C23H26ClN3O4. The summed E-state index contributed by atoms with van der Waals surface area (Å²) in [6, 6.07) is 12.4. The number of nitrogens with one attached hydrogen (secondary N) is 1. The fourth-order valence-corrected chi connectivity index (χ4v) is 3.79. The number of morpholine rings is 1. The van der Waals surface area contributed by atoms with Crippen LogP contribution in [0.1, 0.15) is 42.2 Å². The summed E-state index contributed by atoms with van der Waals surface area (Å²) in [6.45, 7) is 6.60. The molecule has 3 amide bonds. The molecule has 7 nitrogen and oxygen atoms in total. The molecule has 2 aromatic carbocycles. The van der Waals surface area contributed by atoms with Crippen molar-refractivity contribution in [3.63, 3.8) is 0 Å². The molecule has 0 bridgehead atoms. The lowest BCUT2D eigenvalue weighted by Crippen LogP contribution is -2.41. The number of imide groups is 1. The summed E-state index contributed by atoms with van der Waals surface area (Å²) in [7, 11) is 0. The van der Waals surface area contributed by atoms with Gasteiger partial charge >= 0.3 is 0 Å². The van der Waals surface area contributed by atoms with E-state index in [1.54, 1.807) is 12.1 Å². The second-order valence-corrected chi connectivity index (χ2v) is 7.59. The summed E-state index contributed by atoms with van der Waals surface area (Å²) >= 11 is 0. The summed E-state index contributed by atoms with van der Waals surface area (Å²) in [5, 5.41) is 2.89. The van der Waals surface area contributed by atoms with Crippen LogP contribution < -0.4 is 5.32 Å². The largest absolute Gasteiger partial charge is 0.379 e. The van der Waals surface area contributed by atoms with E-state index in [1.165, 1.54) is 11.0 Å². The van der Waals surface area contributed by atoms with Gasteiger partial charge in [-0.3, -0.25) is 24.2 Å². The predicted octanol–water partition coefficient (Wildman–Crippen LogP) is 2.28. The van der Waals surface area contributed by atoms with Crippen LogP contribution in [0.15, 0.2) is 42.5 Å². The maximum atomic E-state index is 12.9. The van der Waals surface area contributed by atoms with Crippen molar-refractivity contribution in [2.75, 3.05) is 39.4 Å². The number of hydrogen-bond acceptors (Lipinski definition) is 5. The number of carbonyl (C=O) groups is 3. The molecule has 1 fully saturated rings. The maximum absolute atomic E-state index is 12.9. The number of halogens is 1. The predicted molar refractivity (Wildman–Crippen MR) is 119 cm³/mol. The van der Waals surface area contributed by atoms with E-state index in [1.807, 2.05) is 31.2 Å². The summed E-state index contributed by atoms with van der Waals surface area (Å²) in [5.41, 5.74) is 2.96. The fraction of sp³-hybridized carbons (Fsp3) is 0.348. The van der Waals surface area contributed by atoms with Crippen LogP contribution in [0, 0.1) is 6.92 Å². The topological polar surface area (TPSA) is 79.0 Å². The molecule has 2 aromatic rings. The molecule has 0 aromatic heterocycles. The average Bonchev–Trinajstić information content (AvgIpc) is 3.00. The van der Waals surface area contributed by atoms with Gasteiger partial charge in [0, 0.05) is 31.7 Å². The van der Waals surface area contributed by atoms with E-state index >= 15 is 0 Å². The number of ether oxygens (including phenoxy) is 1. The molecule has 164 valence electrons. The van der Waals surface area contributed by atoms with E-state index in [0.29, 0.717) is 30.9 Å². The Morgan fingerprint density at radius 1 is 1.03 bits per heavy atom. The van der Waals surface area contributed by atoms with Gasteiger partial charge in [0.1, 0.15) is 0 Å². The average molecular weight is 444 g/mol. The number of nitrogens with zero attached hydrogens (tertiary/aromatic N) is 2. The minimum Gasteiger partial charge on any atom is -0.379 e. The van der Waals surface area contributed by atoms with Gasteiger partial charge in [-0.15, -0.1) is 12.4 Å². The van der Waals surface area contributed by atoms with Crippen molar-refractivity contribution < 1.29 is 19.1 Å². The van der Waals surface area contributed by atoms with Crippen molar-refractivity contribution in [1.29, 1.82) is 0 Å². The summed E-state index contributed by atoms with van der Waals surface area (Å²) < 4.78 is 5.32. The molecule has 0 atom stereocenters. The van der Waals surface area contributed by atoms with Crippen LogP contribution in [0.5, 0.6) is 0 Å². The van der Waals surface area contributed by atoms with Crippen LogP contribution in [0.3, 0.4) is 0 Å². The monoisotopic (exact) mass is 443 g/mol. The van der Waals surface area contributed by atoms with Crippen molar-refractivity contribution in [1.82, 2.24) is 15.1 Å². The Balaban J connectivity index is 0.00000272. The van der Waals surface area contributed by atoms with Gasteiger partial charge in [0.15, 0.2) is 0 Å². The Bertz CT molecular complexity index is 989. The molecule has 0 saturated carbocycles. The summed E-state index contributed by atoms with van der Waals surface area (Å²) in [4.78, 5) is 41.6. The normalized spacial score (nSPS) is 16.1. The van der Waals surface area contributed by atoms with Gasteiger partial charge < -0.3 is 10.1 Å². The fourth-order valence-electron chi connectivity index (χ4n) is 3.79. The number of benzene rings is 2. The SMILES string of the molecule is Cc1ccccc1CN1C(=O)c2ccc(C(=O)NCCN3CCOCC3)cc2C1=O.Cl. The van der Waals surface area contributed by atoms with Crippen molar-refractivity contribution in [2.24, 2.45) is 0 Å². The van der Waals surface area contributed by atoms with E-state index in [-0.39, 0.29) is 42.2 Å². The Morgan fingerprint density at radius 3 is 2.48 bits per heavy atom. The van der Waals surface area contributed by atoms with Crippen LogP contribution in [-0.2, 0) is 11.3 Å². The molecule has 31 heavy (non-hydrogen) atoms. The van der Waals surface area contributed by atoms with Crippen molar-refractivity contribution in [3.8, 4) is 0 Å². The first-order chi connectivity index (χ1) is 14.5. The molecule has 0 radical (unpaired) electrons. The van der Waals surface area contributed by atoms with E-state index in [2.05, 4.69) is 10.2 Å². The molecule has 4 rings (SSSR count). The zero-order valence-corrected chi connectivity index (χ0v) is 18.2. The van der Waals surface area contributed by atoms with Gasteiger partial charge in [-0.1, -0.05) is 24.3 Å². The first kappa shape index (κ1) is 22.9. The van der Waals surface area contributed by atoms with Crippen LogP contribution in [0.2, 0.25) is 0 Å². The quantitative estimate of drug-likeness (QED) is 0.693. The molecule has 8 heteroatoms. The number of carbonyl (C=O) groups excluding carboxylic acids is 3. The van der Waals surface area contributed by atoms with Gasteiger partial charge in [-0.05, 0) is 36.2 Å². The number of amides is 3. The van der Waals surface area contributed by atoms with E-state index in [9.17, 15) is 14.4 Å². The first-order valence-electron chi connectivity index (χ1n) is 10.2. The van der Waals surface area contributed by atoms with E-state index in [4.69, 9.17) is 4.74 Å². The van der Waals surface area contributed by atoms with Gasteiger partial charge in [-0.2, -0.15) is 0 Å². The van der Waals surface area contributed by atoms with E-state index in [0.717, 1.165) is 30.8 Å². The first-order valence-corrected chi connectivity index (χ1v) is 10.2. The number of aryl methyl sites for hydroxylation is 1. The smallest absolute Gasteiger partial charge is 0.261 e. The third kappa shape index (κ3) is 4.95. The lowest BCUT2D eigenvalue weighted by atomic mass is 10.1. The highest BCUT2D eigenvalue weighted by atomic mass is 35.5. The van der Waals surface area contributed by atoms with Crippen LogP contribution >= 0.6 is 12.4 Å². The Morgan fingerprint density at radius 2 is 1.74 bits per heavy atom.